The molecule has 0 saturated carbocycles. The number of carbonyl (C=O) groups excluding carboxylic acids is 1. The first kappa shape index (κ1) is 18.0. The van der Waals surface area contributed by atoms with Gasteiger partial charge in [0.15, 0.2) is 5.03 Å². The Morgan fingerprint density at radius 3 is 2.58 bits per heavy atom. The topological polar surface area (TPSA) is 109 Å². The van der Waals surface area contributed by atoms with Crippen LogP contribution in [0.15, 0.2) is 75.3 Å². The SMILES string of the molecule is O=C(Nc1ccc(O)c(Br)n1)c1cccc(S(=O)(=O)c2ccccn2)c1. The lowest BCUT2D eigenvalue weighted by atomic mass is 10.2. The summed E-state index contributed by atoms with van der Waals surface area (Å²) in [5.41, 5.74) is 0.146. The molecule has 2 heterocycles. The fourth-order valence-corrected chi connectivity index (χ4v) is 3.68. The van der Waals surface area contributed by atoms with E-state index in [0.717, 1.165) is 0 Å². The monoisotopic (exact) mass is 433 g/mol. The van der Waals surface area contributed by atoms with Crippen molar-refractivity contribution in [2.75, 3.05) is 5.32 Å². The van der Waals surface area contributed by atoms with Gasteiger partial charge in [-0.1, -0.05) is 12.1 Å². The lowest BCUT2D eigenvalue weighted by Gasteiger charge is -2.08. The van der Waals surface area contributed by atoms with Crippen LogP contribution < -0.4 is 5.32 Å². The lowest BCUT2D eigenvalue weighted by molar-refractivity contribution is 0.102. The highest BCUT2D eigenvalue weighted by Gasteiger charge is 2.20. The fraction of sp³-hybridized carbons (Fsp3) is 0. The Bertz CT molecular complexity index is 1070. The van der Waals surface area contributed by atoms with Gasteiger partial charge < -0.3 is 10.4 Å². The minimum atomic E-state index is -3.83. The maximum absolute atomic E-state index is 12.6. The van der Waals surface area contributed by atoms with E-state index >= 15 is 0 Å². The average Bonchev–Trinajstić information content (AvgIpc) is 2.65. The van der Waals surface area contributed by atoms with Gasteiger partial charge in [-0.05, 0) is 58.4 Å². The first-order chi connectivity index (χ1) is 12.4. The van der Waals surface area contributed by atoms with Crippen molar-refractivity contribution < 1.29 is 18.3 Å². The number of nitrogens with one attached hydrogen (secondary N) is 1. The van der Waals surface area contributed by atoms with E-state index < -0.39 is 15.7 Å². The van der Waals surface area contributed by atoms with Gasteiger partial charge >= 0.3 is 0 Å². The van der Waals surface area contributed by atoms with Gasteiger partial charge in [-0.15, -0.1) is 0 Å². The third kappa shape index (κ3) is 3.73. The first-order valence-electron chi connectivity index (χ1n) is 7.31. The molecule has 26 heavy (non-hydrogen) atoms. The molecule has 3 rings (SSSR count). The fourth-order valence-electron chi connectivity index (χ4n) is 2.12. The predicted octanol–water partition coefficient (Wildman–Crippen LogP) is 3.03. The largest absolute Gasteiger partial charge is 0.505 e. The molecule has 0 aliphatic heterocycles. The number of aromatic nitrogens is 2. The quantitative estimate of drug-likeness (QED) is 0.611. The smallest absolute Gasteiger partial charge is 0.256 e. The molecule has 0 bridgehead atoms. The maximum Gasteiger partial charge on any atom is 0.256 e. The van der Waals surface area contributed by atoms with Crippen LogP contribution in [0.25, 0.3) is 0 Å². The molecule has 132 valence electrons. The predicted molar refractivity (Wildman–Crippen MR) is 97.7 cm³/mol. The van der Waals surface area contributed by atoms with E-state index in [4.69, 9.17) is 0 Å². The van der Waals surface area contributed by atoms with Crippen LogP contribution in [0.3, 0.4) is 0 Å². The molecular weight excluding hydrogens is 422 g/mol. The highest BCUT2D eigenvalue weighted by Crippen LogP contribution is 2.23. The number of pyridine rings is 2. The summed E-state index contributed by atoms with van der Waals surface area (Å²) in [6.07, 6.45) is 1.39. The van der Waals surface area contributed by atoms with Crippen LogP contribution in [0.5, 0.6) is 5.75 Å². The van der Waals surface area contributed by atoms with Crippen LogP contribution in [0, 0.1) is 0 Å². The van der Waals surface area contributed by atoms with E-state index in [1.165, 1.54) is 48.7 Å². The third-order valence-corrected chi connectivity index (χ3v) is 5.64. The van der Waals surface area contributed by atoms with Crippen molar-refractivity contribution >= 4 is 37.5 Å². The van der Waals surface area contributed by atoms with E-state index in [1.54, 1.807) is 12.1 Å². The van der Waals surface area contributed by atoms with Crippen LogP contribution in [0.1, 0.15) is 10.4 Å². The van der Waals surface area contributed by atoms with Gasteiger partial charge in [-0.25, -0.2) is 18.4 Å². The number of carbonyl (C=O) groups is 1. The molecule has 0 atom stereocenters. The number of anilines is 1. The minimum absolute atomic E-state index is 0.0382. The molecule has 1 aromatic carbocycles. The second-order valence-electron chi connectivity index (χ2n) is 5.16. The molecule has 1 amide bonds. The van der Waals surface area contributed by atoms with Crippen LogP contribution in [0.2, 0.25) is 0 Å². The van der Waals surface area contributed by atoms with Gasteiger partial charge in [-0.3, -0.25) is 4.79 Å². The maximum atomic E-state index is 12.6. The highest BCUT2D eigenvalue weighted by atomic mass is 79.9. The molecule has 7 nitrogen and oxygen atoms in total. The van der Waals surface area contributed by atoms with Gasteiger partial charge in [0, 0.05) is 11.8 Å². The van der Waals surface area contributed by atoms with E-state index in [1.807, 2.05) is 0 Å². The second kappa shape index (κ2) is 7.22. The number of amides is 1. The van der Waals surface area contributed by atoms with Crippen molar-refractivity contribution in [1.82, 2.24) is 9.97 Å². The van der Waals surface area contributed by atoms with Gasteiger partial charge in [0.05, 0.1) is 4.90 Å². The van der Waals surface area contributed by atoms with Crippen molar-refractivity contribution in [3.05, 3.63) is 71.0 Å². The Morgan fingerprint density at radius 1 is 1.08 bits per heavy atom. The van der Waals surface area contributed by atoms with Crippen molar-refractivity contribution in [2.45, 2.75) is 9.92 Å². The van der Waals surface area contributed by atoms with E-state index in [-0.39, 0.29) is 31.7 Å². The molecule has 3 aromatic rings. The summed E-state index contributed by atoms with van der Waals surface area (Å²) in [5, 5.41) is 11.9. The van der Waals surface area contributed by atoms with E-state index in [2.05, 4.69) is 31.2 Å². The number of aromatic hydroxyl groups is 1. The molecule has 2 N–H and O–H groups in total. The molecule has 0 spiro atoms. The first-order valence-corrected chi connectivity index (χ1v) is 9.58. The number of rotatable bonds is 4. The summed E-state index contributed by atoms with van der Waals surface area (Å²) in [6, 6.07) is 13.0. The van der Waals surface area contributed by atoms with E-state index in [0.29, 0.717) is 0 Å². The van der Waals surface area contributed by atoms with Crippen LogP contribution in [-0.4, -0.2) is 29.4 Å². The summed E-state index contributed by atoms with van der Waals surface area (Å²) in [5.74, 6) is -0.391. The Balaban J connectivity index is 1.89. The van der Waals surface area contributed by atoms with Gasteiger partial charge in [0.25, 0.3) is 5.91 Å². The Kier molecular flexibility index (Phi) is 5.01. The molecule has 2 aromatic heterocycles. The summed E-state index contributed by atoms with van der Waals surface area (Å²) >= 11 is 3.06. The minimum Gasteiger partial charge on any atom is -0.505 e. The number of sulfone groups is 1. The average molecular weight is 434 g/mol. The summed E-state index contributed by atoms with van der Waals surface area (Å²) < 4.78 is 25.4. The zero-order chi connectivity index (χ0) is 18.7. The number of hydrogen-bond donors (Lipinski definition) is 2. The second-order valence-corrected chi connectivity index (χ2v) is 7.81. The summed E-state index contributed by atoms with van der Waals surface area (Å²) in [7, 11) is -3.83. The molecule has 0 aliphatic carbocycles. The van der Waals surface area contributed by atoms with Gasteiger partial charge in [-0.2, -0.15) is 0 Å². The summed E-state index contributed by atoms with van der Waals surface area (Å²) in [6.45, 7) is 0. The van der Waals surface area contributed by atoms with E-state index in [9.17, 15) is 18.3 Å². The molecule has 0 aliphatic rings. The molecular formula is C17H12BrN3O4S. The number of benzene rings is 1. The lowest BCUT2D eigenvalue weighted by Crippen LogP contribution is -2.14. The van der Waals surface area contributed by atoms with Crippen LogP contribution in [0.4, 0.5) is 5.82 Å². The molecule has 9 heteroatoms. The Labute approximate surface area is 157 Å². The van der Waals surface area contributed by atoms with Crippen LogP contribution >= 0.6 is 15.9 Å². The van der Waals surface area contributed by atoms with Crippen molar-refractivity contribution in [3.8, 4) is 5.75 Å². The van der Waals surface area contributed by atoms with Crippen LogP contribution in [-0.2, 0) is 9.84 Å². The number of nitrogens with zero attached hydrogens (tertiary/aromatic N) is 2. The molecule has 0 unspecified atom stereocenters. The number of halogens is 1. The van der Waals surface area contributed by atoms with Crippen molar-refractivity contribution in [1.29, 1.82) is 0 Å². The molecule has 0 fully saturated rings. The third-order valence-electron chi connectivity index (χ3n) is 3.39. The zero-order valence-corrected chi connectivity index (χ0v) is 15.5. The zero-order valence-electron chi connectivity index (χ0n) is 13.1. The number of hydrogen-bond acceptors (Lipinski definition) is 6. The summed E-state index contributed by atoms with van der Waals surface area (Å²) in [4.78, 5) is 20.2. The molecule has 0 radical (unpaired) electrons. The Hall–Kier alpha value is -2.78. The molecule has 0 saturated heterocycles. The standard InChI is InChI=1S/C17H12BrN3O4S/c18-16-13(22)7-8-14(20-16)21-17(23)11-4-3-5-12(10-11)26(24,25)15-6-1-2-9-19-15/h1-10,22H,(H,20,21,23). The normalized spacial score (nSPS) is 11.1. The van der Waals surface area contributed by atoms with Gasteiger partial charge in [0.2, 0.25) is 9.84 Å². The Morgan fingerprint density at radius 2 is 1.88 bits per heavy atom. The van der Waals surface area contributed by atoms with Crippen molar-refractivity contribution in [2.24, 2.45) is 0 Å². The highest BCUT2D eigenvalue weighted by molar-refractivity contribution is 9.10. The van der Waals surface area contributed by atoms with Gasteiger partial charge in [0.1, 0.15) is 16.2 Å². The van der Waals surface area contributed by atoms with Crippen molar-refractivity contribution in [3.63, 3.8) is 0 Å².